The van der Waals surface area contributed by atoms with Gasteiger partial charge in [0, 0.05) is 5.02 Å². The van der Waals surface area contributed by atoms with Crippen molar-refractivity contribution in [1.29, 1.82) is 0 Å². The molecule has 1 aliphatic heterocycles. The number of thiazole rings is 1. The van der Waals surface area contributed by atoms with Gasteiger partial charge < -0.3 is 9.84 Å². The summed E-state index contributed by atoms with van der Waals surface area (Å²) in [6.45, 7) is 11.8. The number of nitrogens with zero attached hydrogens (tertiary/aromatic N) is 2. The third kappa shape index (κ3) is 5.15. The van der Waals surface area contributed by atoms with Gasteiger partial charge in [0.05, 0.1) is 28.5 Å². The maximum atomic E-state index is 13.8. The summed E-state index contributed by atoms with van der Waals surface area (Å²) < 4.78 is 7.39. The number of halogens is 1. The van der Waals surface area contributed by atoms with Crippen LogP contribution in [0.25, 0.3) is 6.08 Å². The highest BCUT2D eigenvalue weighted by atomic mass is 35.5. The number of phenolic OH excluding ortho intramolecular Hbond substituents is 1. The fourth-order valence-corrected chi connectivity index (χ4v) is 5.74. The van der Waals surface area contributed by atoms with Crippen LogP contribution < -0.4 is 14.9 Å². The van der Waals surface area contributed by atoms with Crippen LogP contribution in [0.4, 0.5) is 0 Å². The molecule has 0 bridgehead atoms. The smallest absolute Gasteiger partial charge is 0.338 e. The predicted molar refractivity (Wildman–Crippen MR) is 148 cm³/mol. The minimum Gasteiger partial charge on any atom is -0.507 e. The maximum absolute atomic E-state index is 13.8. The van der Waals surface area contributed by atoms with Crippen LogP contribution in [0.5, 0.6) is 5.75 Å². The number of fused-ring (bicyclic) bond motifs is 1. The molecular formula is C29H31ClN2O4S. The molecule has 4 rings (SSSR count). The summed E-state index contributed by atoms with van der Waals surface area (Å²) in [6, 6.07) is 10.3. The number of hydrogen-bond donors (Lipinski definition) is 1. The number of aromatic nitrogens is 1. The fraction of sp³-hybridized carbons (Fsp3) is 0.345. The molecule has 6 nitrogen and oxygen atoms in total. The molecule has 0 fully saturated rings. The lowest BCUT2D eigenvalue weighted by molar-refractivity contribution is -0.139. The zero-order valence-electron chi connectivity index (χ0n) is 21.8. The molecule has 2 aromatic carbocycles. The fourth-order valence-electron chi connectivity index (χ4n) is 4.57. The van der Waals surface area contributed by atoms with Crippen LogP contribution in [0.2, 0.25) is 5.02 Å². The number of phenols is 1. The largest absolute Gasteiger partial charge is 0.507 e. The summed E-state index contributed by atoms with van der Waals surface area (Å²) in [7, 11) is 0. The molecule has 1 N–H and O–H groups in total. The molecule has 8 heteroatoms. The molecule has 1 aromatic heterocycles. The second-order valence-electron chi connectivity index (χ2n) is 9.71. The second-order valence-corrected chi connectivity index (χ2v) is 11.2. The molecule has 0 unspecified atom stereocenters. The lowest BCUT2D eigenvalue weighted by Gasteiger charge is -2.24. The van der Waals surface area contributed by atoms with Gasteiger partial charge in [0.2, 0.25) is 0 Å². The van der Waals surface area contributed by atoms with Gasteiger partial charge in [0.1, 0.15) is 5.75 Å². The first-order chi connectivity index (χ1) is 17.5. The Morgan fingerprint density at radius 2 is 1.76 bits per heavy atom. The summed E-state index contributed by atoms with van der Waals surface area (Å²) in [6.07, 6.45) is 1.84. The summed E-state index contributed by atoms with van der Waals surface area (Å²) in [4.78, 5) is 32.0. The topological polar surface area (TPSA) is 80.9 Å². The molecule has 1 atom stereocenters. The van der Waals surface area contributed by atoms with Crippen molar-refractivity contribution in [3.63, 3.8) is 0 Å². The first-order valence-corrected chi connectivity index (χ1v) is 13.5. The lowest BCUT2D eigenvalue weighted by Crippen LogP contribution is -2.39. The van der Waals surface area contributed by atoms with E-state index in [9.17, 15) is 14.7 Å². The number of hydrogen-bond acceptors (Lipinski definition) is 6. The quantitative estimate of drug-likeness (QED) is 0.426. The third-order valence-corrected chi connectivity index (χ3v) is 7.67. The zero-order valence-corrected chi connectivity index (χ0v) is 23.4. The number of benzene rings is 2. The highest BCUT2D eigenvalue weighted by Gasteiger charge is 2.33. The summed E-state index contributed by atoms with van der Waals surface area (Å²) >= 11 is 7.40. The van der Waals surface area contributed by atoms with Crippen LogP contribution in [0.3, 0.4) is 0 Å². The Labute approximate surface area is 225 Å². The van der Waals surface area contributed by atoms with Gasteiger partial charge in [-0.2, -0.15) is 0 Å². The van der Waals surface area contributed by atoms with Crippen molar-refractivity contribution in [2.45, 2.75) is 59.4 Å². The van der Waals surface area contributed by atoms with Crippen LogP contribution >= 0.6 is 22.9 Å². The normalized spacial score (nSPS) is 15.8. The van der Waals surface area contributed by atoms with E-state index in [-0.39, 0.29) is 24.0 Å². The Bertz CT molecular complexity index is 1530. The molecule has 0 amide bonds. The second kappa shape index (κ2) is 10.7. The highest BCUT2D eigenvalue weighted by Crippen LogP contribution is 2.35. The Kier molecular flexibility index (Phi) is 7.76. The van der Waals surface area contributed by atoms with E-state index in [0.29, 0.717) is 31.4 Å². The number of carbonyl (C=O) groups excluding carboxylic acids is 1. The zero-order chi connectivity index (χ0) is 27.0. The van der Waals surface area contributed by atoms with E-state index in [2.05, 4.69) is 4.99 Å². The van der Waals surface area contributed by atoms with Gasteiger partial charge >= 0.3 is 5.97 Å². The van der Waals surface area contributed by atoms with Gasteiger partial charge in [-0.05, 0) is 78.3 Å². The van der Waals surface area contributed by atoms with E-state index < -0.39 is 12.0 Å². The van der Waals surface area contributed by atoms with E-state index in [4.69, 9.17) is 16.3 Å². The van der Waals surface area contributed by atoms with Gasteiger partial charge in [0.15, 0.2) is 4.80 Å². The van der Waals surface area contributed by atoms with Crippen LogP contribution in [0.15, 0.2) is 57.5 Å². The van der Waals surface area contributed by atoms with Crippen LogP contribution in [-0.4, -0.2) is 22.2 Å². The van der Waals surface area contributed by atoms with E-state index in [0.717, 1.165) is 22.3 Å². The number of esters is 1. The molecule has 1 aliphatic rings. The van der Waals surface area contributed by atoms with E-state index >= 15 is 0 Å². The standard InChI is InChI=1S/C29H31ClN2O4S/c1-7-36-28(35)24-17(6)31-29-32(25(24)19-8-10-20(30)11-9-19)27(34)23(37-29)14-18-12-21(15(2)3)26(33)22(13-18)16(4)5/h8-16,25,33H,7H2,1-6H3/b23-14-/t25-/m1/s1. The number of rotatable bonds is 6. The molecule has 3 aromatic rings. The average molecular weight is 539 g/mol. The van der Waals surface area contributed by atoms with Gasteiger partial charge in [-0.3, -0.25) is 9.36 Å². The molecule has 194 valence electrons. The molecule has 37 heavy (non-hydrogen) atoms. The van der Waals surface area contributed by atoms with Crippen molar-refractivity contribution < 1.29 is 14.6 Å². The summed E-state index contributed by atoms with van der Waals surface area (Å²) in [5, 5.41) is 11.3. The molecule has 0 saturated heterocycles. The minimum absolute atomic E-state index is 0.117. The Morgan fingerprint density at radius 1 is 1.16 bits per heavy atom. The molecular weight excluding hydrogens is 508 g/mol. The third-order valence-electron chi connectivity index (χ3n) is 6.44. The van der Waals surface area contributed by atoms with Crippen molar-refractivity contribution in [3.05, 3.63) is 94.6 Å². The number of aromatic hydroxyl groups is 1. The van der Waals surface area contributed by atoms with Crippen LogP contribution in [0.1, 0.15) is 81.7 Å². The van der Waals surface area contributed by atoms with Crippen molar-refractivity contribution in [2.75, 3.05) is 6.61 Å². The number of allylic oxidation sites excluding steroid dienone is 1. The van der Waals surface area contributed by atoms with Crippen molar-refractivity contribution in [2.24, 2.45) is 4.99 Å². The van der Waals surface area contributed by atoms with Gasteiger partial charge in [-0.15, -0.1) is 0 Å². The summed E-state index contributed by atoms with van der Waals surface area (Å²) in [5.41, 5.74) is 3.85. The maximum Gasteiger partial charge on any atom is 0.338 e. The van der Waals surface area contributed by atoms with Gasteiger partial charge in [0.25, 0.3) is 5.56 Å². The van der Waals surface area contributed by atoms with Crippen molar-refractivity contribution in [3.8, 4) is 5.75 Å². The van der Waals surface area contributed by atoms with Crippen LogP contribution in [-0.2, 0) is 9.53 Å². The van der Waals surface area contributed by atoms with Crippen LogP contribution in [0, 0.1) is 0 Å². The Morgan fingerprint density at radius 3 is 2.30 bits per heavy atom. The average Bonchev–Trinajstić information content (AvgIpc) is 3.13. The van der Waals surface area contributed by atoms with Crippen molar-refractivity contribution >= 4 is 35.0 Å². The number of ether oxygens (including phenoxy) is 1. The molecule has 2 heterocycles. The van der Waals surface area contributed by atoms with Crippen molar-refractivity contribution in [1.82, 2.24) is 4.57 Å². The van der Waals surface area contributed by atoms with Gasteiger partial charge in [-0.1, -0.05) is 62.8 Å². The summed E-state index contributed by atoms with van der Waals surface area (Å²) in [5.74, 6) is 0.0410. The minimum atomic E-state index is -0.688. The van der Waals surface area contributed by atoms with E-state index in [1.807, 2.05) is 58.0 Å². The lowest BCUT2D eigenvalue weighted by atomic mass is 9.91. The molecule has 0 spiro atoms. The molecule has 0 radical (unpaired) electrons. The predicted octanol–water partition coefficient (Wildman–Crippen LogP) is 5.40. The molecule has 0 saturated carbocycles. The molecule has 0 aliphatic carbocycles. The first-order valence-electron chi connectivity index (χ1n) is 12.3. The van der Waals surface area contributed by atoms with Gasteiger partial charge in [-0.25, -0.2) is 9.79 Å². The number of carbonyl (C=O) groups is 1. The van der Waals surface area contributed by atoms with E-state index in [1.165, 1.54) is 11.3 Å². The monoisotopic (exact) mass is 538 g/mol. The van der Waals surface area contributed by atoms with E-state index in [1.54, 1.807) is 30.5 Å². The highest BCUT2D eigenvalue weighted by molar-refractivity contribution is 7.07. The first kappa shape index (κ1) is 26.9. The SMILES string of the molecule is CCOC(=O)C1=C(C)N=c2s/c(=C\c3cc(C(C)C)c(O)c(C(C)C)c3)c(=O)n2[C@@H]1c1ccc(Cl)cc1. The Hall–Kier alpha value is -3.16. The Balaban J connectivity index is 1.96.